The number of nitrogens with zero attached hydrogens (tertiary/aromatic N) is 2. The monoisotopic (exact) mass is 277 g/mol. The molecule has 0 aromatic rings. The molecule has 1 fully saturated rings. The van der Waals surface area contributed by atoms with Crippen LogP contribution in [0.3, 0.4) is 0 Å². The number of nitrogens with two attached hydrogens (primary N) is 1. The molecule has 1 saturated heterocycles. The Bertz CT molecular complexity index is 322. The van der Waals surface area contributed by atoms with Gasteiger partial charge in [-0.1, -0.05) is 12.8 Å². The Labute approximate surface area is 112 Å². The molecule has 2 N–H and O–H groups in total. The Morgan fingerprint density at radius 1 is 1.17 bits per heavy atom. The van der Waals surface area contributed by atoms with Gasteiger partial charge in [0.25, 0.3) is 10.2 Å². The van der Waals surface area contributed by atoms with Crippen molar-refractivity contribution < 1.29 is 8.42 Å². The van der Waals surface area contributed by atoms with Gasteiger partial charge in [0.15, 0.2) is 0 Å². The quantitative estimate of drug-likeness (QED) is 0.792. The first-order chi connectivity index (χ1) is 8.50. The van der Waals surface area contributed by atoms with Crippen molar-refractivity contribution in [2.75, 3.05) is 26.2 Å². The second-order valence-corrected chi connectivity index (χ2v) is 7.05. The Morgan fingerprint density at radius 3 is 2.17 bits per heavy atom. The van der Waals surface area contributed by atoms with Crippen LogP contribution in [0.15, 0.2) is 0 Å². The summed E-state index contributed by atoms with van der Waals surface area (Å²) in [5, 5.41) is 0. The van der Waals surface area contributed by atoms with Crippen molar-refractivity contribution in [3.8, 4) is 0 Å². The van der Waals surface area contributed by atoms with Crippen molar-refractivity contribution >= 4 is 10.2 Å². The van der Waals surface area contributed by atoms with Gasteiger partial charge in [-0.05, 0) is 39.7 Å². The SMILES string of the molecule is CC(C)N(CCCN)S(=O)(=O)N1CCCCCC1. The highest BCUT2D eigenvalue weighted by Crippen LogP contribution is 2.18. The summed E-state index contributed by atoms with van der Waals surface area (Å²) < 4.78 is 28.4. The summed E-state index contributed by atoms with van der Waals surface area (Å²) >= 11 is 0. The molecule has 1 aliphatic rings. The maximum atomic E-state index is 12.6. The van der Waals surface area contributed by atoms with Gasteiger partial charge in [-0.15, -0.1) is 0 Å². The Kier molecular flexibility index (Phi) is 6.55. The van der Waals surface area contributed by atoms with E-state index < -0.39 is 10.2 Å². The molecule has 0 radical (unpaired) electrons. The van der Waals surface area contributed by atoms with E-state index in [1.54, 1.807) is 8.61 Å². The van der Waals surface area contributed by atoms with Gasteiger partial charge in [-0.2, -0.15) is 17.0 Å². The van der Waals surface area contributed by atoms with E-state index in [1.165, 1.54) is 0 Å². The minimum absolute atomic E-state index is 0.00944. The lowest BCUT2D eigenvalue weighted by Gasteiger charge is -2.31. The van der Waals surface area contributed by atoms with Crippen molar-refractivity contribution in [2.45, 2.75) is 52.0 Å². The molecule has 0 spiro atoms. The summed E-state index contributed by atoms with van der Waals surface area (Å²) in [4.78, 5) is 0. The first-order valence-electron chi connectivity index (χ1n) is 6.97. The van der Waals surface area contributed by atoms with Gasteiger partial charge in [0.2, 0.25) is 0 Å². The van der Waals surface area contributed by atoms with Gasteiger partial charge in [0.1, 0.15) is 0 Å². The minimum atomic E-state index is -3.31. The number of hydrogen-bond acceptors (Lipinski definition) is 3. The van der Waals surface area contributed by atoms with E-state index in [0.717, 1.165) is 25.7 Å². The lowest BCUT2D eigenvalue weighted by atomic mass is 10.2. The van der Waals surface area contributed by atoms with E-state index in [2.05, 4.69) is 0 Å². The van der Waals surface area contributed by atoms with Gasteiger partial charge >= 0.3 is 0 Å². The first kappa shape index (κ1) is 15.9. The van der Waals surface area contributed by atoms with Gasteiger partial charge in [-0.25, -0.2) is 0 Å². The third-order valence-corrected chi connectivity index (χ3v) is 5.56. The van der Waals surface area contributed by atoms with Crippen LogP contribution in [0, 0.1) is 0 Å². The van der Waals surface area contributed by atoms with Crippen LogP contribution in [0.4, 0.5) is 0 Å². The van der Waals surface area contributed by atoms with E-state index in [-0.39, 0.29) is 6.04 Å². The smallest absolute Gasteiger partial charge is 0.282 e. The third-order valence-electron chi connectivity index (χ3n) is 3.35. The van der Waals surface area contributed by atoms with Gasteiger partial charge in [0.05, 0.1) is 0 Å². The maximum Gasteiger partial charge on any atom is 0.282 e. The fourth-order valence-electron chi connectivity index (χ4n) is 2.31. The highest BCUT2D eigenvalue weighted by molar-refractivity contribution is 7.86. The molecule has 0 aromatic carbocycles. The number of rotatable bonds is 6. The average molecular weight is 277 g/mol. The van der Waals surface area contributed by atoms with Crippen LogP contribution in [0.5, 0.6) is 0 Å². The molecule has 0 amide bonds. The van der Waals surface area contributed by atoms with E-state index >= 15 is 0 Å². The fraction of sp³-hybridized carbons (Fsp3) is 1.00. The molecule has 6 heteroatoms. The summed E-state index contributed by atoms with van der Waals surface area (Å²) in [6.07, 6.45) is 4.93. The van der Waals surface area contributed by atoms with Crippen molar-refractivity contribution in [3.63, 3.8) is 0 Å². The molecule has 1 aliphatic heterocycles. The van der Waals surface area contributed by atoms with Crippen LogP contribution in [0.25, 0.3) is 0 Å². The molecule has 18 heavy (non-hydrogen) atoms. The third kappa shape index (κ3) is 4.19. The largest absolute Gasteiger partial charge is 0.330 e. The maximum absolute atomic E-state index is 12.6. The highest BCUT2D eigenvalue weighted by Gasteiger charge is 2.31. The summed E-state index contributed by atoms with van der Waals surface area (Å²) in [5.74, 6) is 0. The van der Waals surface area contributed by atoms with Crippen LogP contribution in [-0.4, -0.2) is 49.2 Å². The van der Waals surface area contributed by atoms with E-state index in [4.69, 9.17) is 5.73 Å². The summed E-state index contributed by atoms with van der Waals surface area (Å²) in [6.45, 7) is 6.21. The zero-order valence-electron chi connectivity index (χ0n) is 11.6. The number of hydrogen-bond donors (Lipinski definition) is 1. The van der Waals surface area contributed by atoms with Crippen LogP contribution in [-0.2, 0) is 10.2 Å². The lowest BCUT2D eigenvalue weighted by Crippen LogP contribution is -2.47. The molecule has 0 aliphatic carbocycles. The molecule has 0 aromatic heterocycles. The van der Waals surface area contributed by atoms with Crippen molar-refractivity contribution in [2.24, 2.45) is 5.73 Å². The molecular formula is C12H27N3O2S. The normalized spacial score (nSPS) is 19.4. The molecule has 0 saturated carbocycles. The predicted molar refractivity (Wildman–Crippen MR) is 74.5 cm³/mol. The van der Waals surface area contributed by atoms with Gasteiger partial charge in [-0.3, -0.25) is 0 Å². The second kappa shape index (κ2) is 7.43. The second-order valence-electron chi connectivity index (χ2n) is 5.17. The van der Waals surface area contributed by atoms with Crippen LogP contribution < -0.4 is 5.73 Å². The molecule has 0 bridgehead atoms. The zero-order chi connectivity index (χ0) is 13.6. The lowest BCUT2D eigenvalue weighted by molar-refractivity contribution is 0.304. The molecule has 0 atom stereocenters. The van der Waals surface area contributed by atoms with Gasteiger partial charge in [0, 0.05) is 25.7 Å². The molecule has 1 heterocycles. The van der Waals surface area contributed by atoms with E-state index in [0.29, 0.717) is 32.6 Å². The first-order valence-corrected chi connectivity index (χ1v) is 8.37. The Morgan fingerprint density at radius 2 is 1.72 bits per heavy atom. The van der Waals surface area contributed by atoms with Crippen LogP contribution >= 0.6 is 0 Å². The minimum Gasteiger partial charge on any atom is -0.330 e. The zero-order valence-corrected chi connectivity index (χ0v) is 12.5. The van der Waals surface area contributed by atoms with E-state index in [9.17, 15) is 8.42 Å². The molecular weight excluding hydrogens is 250 g/mol. The standard InChI is InChI=1S/C12H27N3O2S/c1-12(2)15(11-7-8-13)18(16,17)14-9-5-3-4-6-10-14/h12H,3-11,13H2,1-2H3. The molecule has 108 valence electrons. The summed E-state index contributed by atoms with van der Waals surface area (Å²) in [5.41, 5.74) is 5.49. The van der Waals surface area contributed by atoms with Crippen LogP contribution in [0.1, 0.15) is 46.0 Å². The Hall–Kier alpha value is -0.170. The van der Waals surface area contributed by atoms with E-state index in [1.807, 2.05) is 13.8 Å². The topological polar surface area (TPSA) is 66.6 Å². The van der Waals surface area contributed by atoms with Crippen molar-refractivity contribution in [3.05, 3.63) is 0 Å². The summed E-state index contributed by atoms with van der Waals surface area (Å²) in [7, 11) is -3.31. The average Bonchev–Trinajstić information content (AvgIpc) is 2.57. The Balaban J connectivity index is 2.78. The molecule has 1 rings (SSSR count). The van der Waals surface area contributed by atoms with Gasteiger partial charge < -0.3 is 5.73 Å². The molecule has 5 nitrogen and oxygen atoms in total. The van der Waals surface area contributed by atoms with Crippen molar-refractivity contribution in [1.82, 2.24) is 8.61 Å². The molecule has 0 unspecified atom stereocenters. The predicted octanol–water partition coefficient (Wildman–Crippen LogP) is 1.17. The van der Waals surface area contributed by atoms with Crippen LogP contribution in [0.2, 0.25) is 0 Å². The summed E-state index contributed by atoms with van der Waals surface area (Å²) in [6, 6.07) is -0.00944. The highest BCUT2D eigenvalue weighted by atomic mass is 32.2. The van der Waals surface area contributed by atoms with Crippen molar-refractivity contribution in [1.29, 1.82) is 0 Å². The fourth-order valence-corrected chi connectivity index (χ4v) is 4.22.